The minimum atomic E-state index is -1.59. The highest BCUT2D eigenvalue weighted by molar-refractivity contribution is 6.31. The Morgan fingerprint density at radius 1 is 1.17 bits per heavy atom. The highest BCUT2D eigenvalue weighted by Crippen LogP contribution is 2.40. The van der Waals surface area contributed by atoms with Gasteiger partial charge in [-0.2, -0.15) is 0 Å². The topological polar surface area (TPSA) is 88.4 Å². The largest absolute Gasteiger partial charge is 0.494 e. The van der Waals surface area contributed by atoms with Crippen molar-refractivity contribution in [3.8, 4) is 5.75 Å². The number of ether oxygens (including phenoxy) is 3. The van der Waals surface area contributed by atoms with Gasteiger partial charge >= 0.3 is 0 Å². The SMILES string of the molecule is CCOc1ccc(Cc2cc([C@]3(OC)O[C@H](CO)C[C@H](O)C3O)ccc2Cl)cc1. The lowest BCUT2D eigenvalue weighted by molar-refractivity contribution is -0.344. The number of methoxy groups -OCH3 is 1. The number of hydrogen-bond donors (Lipinski definition) is 3. The van der Waals surface area contributed by atoms with Crippen molar-refractivity contribution in [2.75, 3.05) is 20.3 Å². The zero-order valence-electron chi connectivity index (χ0n) is 16.5. The number of aliphatic hydroxyl groups excluding tert-OH is 3. The first-order chi connectivity index (χ1) is 13.9. The summed E-state index contributed by atoms with van der Waals surface area (Å²) in [4.78, 5) is 0. The standard InChI is InChI=1S/C22H27ClO6/c1-3-28-17-7-4-14(5-8-17)10-15-11-16(6-9-19(15)23)22(27-2)21(26)20(25)12-18(13-24)29-22/h4-9,11,18,20-21,24-26H,3,10,12-13H2,1-2H3/t18-,20-,21?,22-/m0/s1. The molecule has 1 aliphatic rings. The second-order valence-electron chi connectivity index (χ2n) is 7.10. The van der Waals surface area contributed by atoms with E-state index in [1.54, 1.807) is 18.2 Å². The first-order valence-corrected chi connectivity index (χ1v) is 10.0. The molecule has 0 amide bonds. The van der Waals surface area contributed by atoms with Crippen LogP contribution >= 0.6 is 11.6 Å². The smallest absolute Gasteiger partial charge is 0.224 e. The highest BCUT2D eigenvalue weighted by atomic mass is 35.5. The van der Waals surface area contributed by atoms with Gasteiger partial charge in [0.1, 0.15) is 11.9 Å². The highest BCUT2D eigenvalue weighted by Gasteiger charge is 2.51. The van der Waals surface area contributed by atoms with E-state index in [0.29, 0.717) is 23.6 Å². The van der Waals surface area contributed by atoms with Crippen molar-refractivity contribution in [2.24, 2.45) is 0 Å². The minimum absolute atomic E-state index is 0.120. The third kappa shape index (κ3) is 4.58. The molecule has 0 bridgehead atoms. The van der Waals surface area contributed by atoms with Crippen LogP contribution in [0.15, 0.2) is 42.5 Å². The number of hydrogen-bond acceptors (Lipinski definition) is 6. The molecule has 0 aliphatic carbocycles. The monoisotopic (exact) mass is 422 g/mol. The van der Waals surface area contributed by atoms with E-state index < -0.39 is 24.1 Å². The molecule has 0 aromatic heterocycles. The predicted octanol–water partition coefficient (Wildman–Crippen LogP) is 2.63. The molecular weight excluding hydrogens is 396 g/mol. The summed E-state index contributed by atoms with van der Waals surface area (Å²) in [6, 6.07) is 13.0. The molecule has 1 saturated heterocycles. The molecule has 29 heavy (non-hydrogen) atoms. The van der Waals surface area contributed by atoms with Crippen molar-refractivity contribution in [2.45, 2.75) is 43.9 Å². The van der Waals surface area contributed by atoms with Gasteiger partial charge in [0.15, 0.2) is 0 Å². The second-order valence-corrected chi connectivity index (χ2v) is 7.51. The average molecular weight is 423 g/mol. The van der Waals surface area contributed by atoms with Gasteiger partial charge in [-0.15, -0.1) is 0 Å². The minimum Gasteiger partial charge on any atom is -0.494 e. The summed E-state index contributed by atoms with van der Waals surface area (Å²) >= 11 is 6.42. The Labute approximate surface area is 175 Å². The Morgan fingerprint density at radius 3 is 2.52 bits per heavy atom. The van der Waals surface area contributed by atoms with Gasteiger partial charge in [0.05, 0.1) is 25.4 Å². The van der Waals surface area contributed by atoms with Crippen molar-refractivity contribution >= 4 is 11.6 Å². The maximum Gasteiger partial charge on any atom is 0.224 e. The predicted molar refractivity (Wildman–Crippen MR) is 109 cm³/mol. The van der Waals surface area contributed by atoms with Gasteiger partial charge in [-0.05, 0) is 48.7 Å². The molecule has 2 aromatic carbocycles. The molecule has 158 valence electrons. The lowest BCUT2D eigenvalue weighted by Crippen LogP contribution is -2.57. The van der Waals surface area contributed by atoms with Crippen LogP contribution in [0, 0.1) is 0 Å². The van der Waals surface area contributed by atoms with Gasteiger partial charge in [-0.1, -0.05) is 29.8 Å². The third-order valence-corrected chi connectivity index (χ3v) is 5.55. The number of rotatable bonds is 7. The Hall–Kier alpha value is -1.67. The van der Waals surface area contributed by atoms with Crippen LogP contribution in [0.5, 0.6) is 5.75 Å². The van der Waals surface area contributed by atoms with Crippen LogP contribution in [0.4, 0.5) is 0 Å². The van der Waals surface area contributed by atoms with Crippen LogP contribution in [-0.4, -0.2) is 54.0 Å². The first-order valence-electron chi connectivity index (χ1n) is 9.64. The molecule has 3 rings (SSSR count). The van der Waals surface area contributed by atoms with E-state index in [2.05, 4.69) is 0 Å². The Balaban J connectivity index is 1.92. The molecule has 4 atom stereocenters. The van der Waals surface area contributed by atoms with E-state index in [9.17, 15) is 15.3 Å². The molecule has 1 unspecified atom stereocenters. The van der Waals surface area contributed by atoms with Crippen LogP contribution in [0.25, 0.3) is 0 Å². The van der Waals surface area contributed by atoms with Crippen LogP contribution in [-0.2, 0) is 21.7 Å². The first kappa shape index (κ1) is 22.0. The molecule has 6 nitrogen and oxygen atoms in total. The van der Waals surface area contributed by atoms with Gasteiger partial charge in [0, 0.05) is 24.1 Å². The van der Waals surface area contributed by atoms with Crippen molar-refractivity contribution < 1.29 is 29.5 Å². The average Bonchev–Trinajstić information content (AvgIpc) is 2.73. The van der Waals surface area contributed by atoms with Crippen molar-refractivity contribution in [1.82, 2.24) is 0 Å². The lowest BCUT2D eigenvalue weighted by atomic mass is 9.88. The van der Waals surface area contributed by atoms with Crippen LogP contribution in [0.1, 0.15) is 30.0 Å². The van der Waals surface area contributed by atoms with Gasteiger partial charge < -0.3 is 29.5 Å². The molecule has 7 heteroatoms. The van der Waals surface area contributed by atoms with Crippen molar-refractivity contribution in [3.63, 3.8) is 0 Å². The summed E-state index contributed by atoms with van der Waals surface area (Å²) in [5.41, 5.74) is 2.38. The van der Waals surface area contributed by atoms with Gasteiger partial charge in [-0.3, -0.25) is 0 Å². The Morgan fingerprint density at radius 2 is 1.90 bits per heavy atom. The zero-order chi connectivity index (χ0) is 21.0. The summed E-state index contributed by atoms with van der Waals surface area (Å²) in [6.45, 7) is 2.25. The number of halogens is 1. The molecule has 3 N–H and O–H groups in total. The fourth-order valence-corrected chi connectivity index (χ4v) is 3.86. The van der Waals surface area contributed by atoms with E-state index in [1.165, 1.54) is 7.11 Å². The zero-order valence-corrected chi connectivity index (χ0v) is 17.3. The summed E-state index contributed by atoms with van der Waals surface area (Å²) in [6.07, 6.45) is -2.38. The molecule has 1 heterocycles. The normalized spacial score (nSPS) is 27.0. The van der Waals surface area contributed by atoms with Gasteiger partial charge in [0.25, 0.3) is 0 Å². The van der Waals surface area contributed by atoms with Gasteiger partial charge in [0.2, 0.25) is 5.79 Å². The second kappa shape index (κ2) is 9.43. The van der Waals surface area contributed by atoms with Crippen molar-refractivity contribution in [3.05, 3.63) is 64.2 Å². The van der Waals surface area contributed by atoms with E-state index in [1.807, 2.05) is 31.2 Å². The van der Waals surface area contributed by atoms with E-state index in [4.69, 9.17) is 25.8 Å². The fraction of sp³-hybridized carbons (Fsp3) is 0.455. The van der Waals surface area contributed by atoms with Crippen molar-refractivity contribution in [1.29, 1.82) is 0 Å². The maximum atomic E-state index is 10.7. The number of benzene rings is 2. The molecule has 2 aromatic rings. The molecule has 0 saturated carbocycles. The fourth-order valence-electron chi connectivity index (χ4n) is 3.67. The van der Waals surface area contributed by atoms with E-state index >= 15 is 0 Å². The van der Waals surface area contributed by atoms with Crippen LogP contribution in [0.2, 0.25) is 5.02 Å². The third-order valence-electron chi connectivity index (χ3n) is 5.18. The van der Waals surface area contributed by atoms with Crippen LogP contribution in [0.3, 0.4) is 0 Å². The maximum absolute atomic E-state index is 10.7. The molecule has 1 fully saturated rings. The summed E-state index contributed by atoms with van der Waals surface area (Å²) < 4.78 is 16.9. The molecular formula is C22H27ClO6. The summed E-state index contributed by atoms with van der Waals surface area (Å²) in [5.74, 6) is -0.791. The summed E-state index contributed by atoms with van der Waals surface area (Å²) in [7, 11) is 1.40. The Kier molecular flexibility index (Phi) is 7.16. The lowest BCUT2D eigenvalue weighted by Gasteiger charge is -2.45. The quantitative estimate of drug-likeness (QED) is 0.635. The van der Waals surface area contributed by atoms with E-state index in [-0.39, 0.29) is 13.0 Å². The number of aliphatic hydroxyl groups is 3. The summed E-state index contributed by atoms with van der Waals surface area (Å²) in [5, 5.41) is 31.0. The molecule has 1 aliphatic heterocycles. The van der Waals surface area contributed by atoms with E-state index in [0.717, 1.165) is 16.9 Å². The van der Waals surface area contributed by atoms with Gasteiger partial charge in [-0.25, -0.2) is 0 Å². The Bertz CT molecular complexity index is 811. The van der Waals surface area contributed by atoms with Crippen LogP contribution < -0.4 is 4.74 Å². The molecule has 0 radical (unpaired) electrons. The molecule has 0 spiro atoms.